The molecule has 8 rings (SSSR count). The molecular weight excluding hydrogens is 612 g/mol. The molecule has 3 saturated heterocycles. The molecule has 3 aliphatic heterocycles. The zero-order valence-corrected chi connectivity index (χ0v) is 26.2. The van der Waals surface area contributed by atoms with Crippen LogP contribution >= 0.6 is 11.6 Å². The Kier molecular flexibility index (Phi) is 6.86. The van der Waals surface area contributed by atoms with Gasteiger partial charge in [0.15, 0.2) is 5.82 Å². The predicted molar refractivity (Wildman–Crippen MR) is 173 cm³/mol. The van der Waals surface area contributed by atoms with Gasteiger partial charge in [-0.3, -0.25) is 4.90 Å². The first-order valence-corrected chi connectivity index (χ1v) is 16.1. The van der Waals surface area contributed by atoms with Gasteiger partial charge in [-0.15, -0.1) is 6.42 Å². The number of nitrogens with zero attached hydrogens (tertiary/aromatic N) is 4. The van der Waals surface area contributed by atoms with E-state index in [9.17, 15) is 14.6 Å². The molecule has 4 heterocycles. The number of benzene rings is 3. The Morgan fingerprint density at radius 3 is 2.54 bits per heavy atom. The number of anilines is 1. The molecule has 2 atom stereocenters. The molecule has 2 bridgehead atoms. The number of aromatic nitrogens is 2. The Morgan fingerprint density at radius 2 is 1.87 bits per heavy atom. The van der Waals surface area contributed by atoms with Crippen LogP contribution in [0.2, 0.25) is 5.02 Å². The van der Waals surface area contributed by atoms with Crippen molar-refractivity contribution in [1.82, 2.24) is 20.2 Å². The average molecular weight is 646 g/mol. The lowest BCUT2D eigenvalue weighted by molar-refractivity contribution is -0.0921. The quantitative estimate of drug-likeness (QED) is 0.235. The van der Waals surface area contributed by atoms with Gasteiger partial charge in [0, 0.05) is 66.6 Å². The molecule has 4 aromatic rings. The molecule has 46 heavy (non-hydrogen) atoms. The summed E-state index contributed by atoms with van der Waals surface area (Å²) in [4.78, 5) is 13.8. The van der Waals surface area contributed by atoms with Crippen LogP contribution in [0.5, 0.6) is 11.8 Å². The number of phenols is 1. The first-order chi connectivity index (χ1) is 22.0. The fourth-order valence-corrected chi connectivity index (χ4v) is 7.99. The monoisotopic (exact) mass is 645 g/mol. The molecule has 8 nitrogen and oxygen atoms in total. The summed E-state index contributed by atoms with van der Waals surface area (Å²) >= 11 is 6.86. The summed E-state index contributed by atoms with van der Waals surface area (Å²) in [5.41, 5.74) is -0.633. The van der Waals surface area contributed by atoms with Gasteiger partial charge in [-0.2, -0.15) is 9.97 Å². The lowest BCUT2D eigenvalue weighted by atomic mass is 9.93. The highest BCUT2D eigenvalue weighted by molar-refractivity contribution is 6.35. The zero-order chi connectivity index (χ0) is 32.0. The van der Waals surface area contributed by atoms with Crippen LogP contribution in [0.4, 0.5) is 14.6 Å². The van der Waals surface area contributed by atoms with E-state index in [1.54, 1.807) is 6.07 Å². The lowest BCUT2D eigenvalue weighted by Crippen LogP contribution is -2.61. The summed E-state index contributed by atoms with van der Waals surface area (Å²) in [7, 11) is 0. The highest BCUT2D eigenvalue weighted by atomic mass is 35.5. The van der Waals surface area contributed by atoms with Gasteiger partial charge in [-0.1, -0.05) is 23.6 Å². The fourth-order valence-electron chi connectivity index (χ4n) is 7.69. The van der Waals surface area contributed by atoms with E-state index in [2.05, 4.69) is 26.0 Å². The number of β-amino-alcohol motifs (C(OH)–C–C–N with tert-alkyl or cyclic N) is 1. The summed E-state index contributed by atoms with van der Waals surface area (Å²) in [5.74, 6) is 1.41. The van der Waals surface area contributed by atoms with Crippen molar-refractivity contribution in [2.24, 2.45) is 5.41 Å². The molecule has 0 radical (unpaired) electrons. The summed E-state index contributed by atoms with van der Waals surface area (Å²) in [6.45, 7) is 5.66. The number of aliphatic hydroxyl groups is 1. The van der Waals surface area contributed by atoms with Gasteiger partial charge in [-0.25, -0.2) is 8.78 Å². The third kappa shape index (κ3) is 5.10. The number of hydrogen-bond acceptors (Lipinski definition) is 8. The van der Waals surface area contributed by atoms with Crippen molar-refractivity contribution in [3.05, 3.63) is 52.6 Å². The normalized spacial score (nSPS) is 23.0. The van der Waals surface area contributed by atoms with Crippen LogP contribution in [0.25, 0.3) is 32.8 Å². The molecule has 4 fully saturated rings. The number of phenolic OH excluding ortho intramolecular Hbond substituents is 1. The second-order valence-corrected chi connectivity index (χ2v) is 14.3. The number of rotatable bonds is 7. The molecule has 0 amide bonds. The van der Waals surface area contributed by atoms with Crippen molar-refractivity contribution in [2.45, 2.75) is 50.3 Å². The number of nitrogens with one attached hydrogen (secondary N) is 1. The second-order valence-electron chi connectivity index (χ2n) is 13.9. The van der Waals surface area contributed by atoms with Gasteiger partial charge in [-0.05, 0) is 67.8 Å². The van der Waals surface area contributed by atoms with Gasteiger partial charge in [0.25, 0.3) is 0 Å². The topological polar surface area (TPSA) is 94.0 Å². The third-order valence-corrected chi connectivity index (χ3v) is 10.3. The number of hydrogen-bond donors (Lipinski definition) is 3. The summed E-state index contributed by atoms with van der Waals surface area (Å²) in [5, 5.41) is 25.6. The van der Waals surface area contributed by atoms with Gasteiger partial charge in [0.2, 0.25) is 0 Å². The minimum Gasteiger partial charge on any atom is -0.508 e. The van der Waals surface area contributed by atoms with E-state index in [1.165, 1.54) is 24.3 Å². The van der Waals surface area contributed by atoms with Crippen LogP contribution in [0.15, 0.2) is 30.3 Å². The number of fused-ring (bicyclic) bond motifs is 4. The molecule has 0 spiro atoms. The van der Waals surface area contributed by atoms with Gasteiger partial charge >= 0.3 is 6.01 Å². The molecule has 1 aromatic heterocycles. The van der Waals surface area contributed by atoms with Crippen LogP contribution in [0.1, 0.15) is 38.2 Å². The molecule has 1 aliphatic carbocycles. The van der Waals surface area contributed by atoms with E-state index in [1.807, 2.05) is 6.92 Å². The number of likely N-dealkylation sites (tertiary alicyclic amines) is 1. The van der Waals surface area contributed by atoms with Crippen LogP contribution in [0.3, 0.4) is 0 Å². The Hall–Kier alpha value is -3.75. The molecule has 1 saturated carbocycles. The Morgan fingerprint density at radius 1 is 1.13 bits per heavy atom. The van der Waals surface area contributed by atoms with Crippen LogP contribution in [-0.2, 0) is 0 Å². The average Bonchev–Trinajstić information content (AvgIpc) is 3.68. The largest absolute Gasteiger partial charge is 0.508 e. The number of piperazine rings is 1. The molecular formula is C35H34ClF2N5O3. The Balaban J connectivity index is 1.24. The smallest absolute Gasteiger partial charge is 0.319 e. The first-order valence-electron chi connectivity index (χ1n) is 15.7. The van der Waals surface area contributed by atoms with Crippen molar-refractivity contribution < 1.29 is 23.7 Å². The molecule has 2 unspecified atom stereocenters. The summed E-state index contributed by atoms with van der Waals surface area (Å²) in [6.07, 6.45) is 9.78. The fraction of sp³-hybridized carbons (Fsp3) is 0.429. The molecule has 11 heteroatoms. The number of aromatic hydroxyl groups is 1. The van der Waals surface area contributed by atoms with Gasteiger partial charge in [0.05, 0.1) is 22.8 Å². The maximum absolute atomic E-state index is 17.0. The molecule has 4 aliphatic rings. The minimum absolute atomic E-state index is 0.0177. The zero-order valence-electron chi connectivity index (χ0n) is 25.4. The minimum atomic E-state index is -0.739. The van der Waals surface area contributed by atoms with Crippen molar-refractivity contribution in [2.75, 3.05) is 44.2 Å². The highest BCUT2D eigenvalue weighted by Crippen LogP contribution is 2.48. The first kappa shape index (κ1) is 29.6. The Labute approximate surface area is 270 Å². The van der Waals surface area contributed by atoms with Crippen LogP contribution in [-0.4, -0.2) is 82.1 Å². The predicted octanol–water partition coefficient (Wildman–Crippen LogP) is 5.23. The van der Waals surface area contributed by atoms with Gasteiger partial charge in [0.1, 0.15) is 22.9 Å². The summed E-state index contributed by atoms with van der Waals surface area (Å²) < 4.78 is 38.1. The maximum atomic E-state index is 17.0. The van der Waals surface area contributed by atoms with Crippen molar-refractivity contribution >= 4 is 39.1 Å². The van der Waals surface area contributed by atoms with Crippen molar-refractivity contribution in [3.8, 4) is 35.2 Å². The van der Waals surface area contributed by atoms with E-state index in [0.29, 0.717) is 61.5 Å². The summed E-state index contributed by atoms with van der Waals surface area (Å²) in [6, 6.07) is 7.81. The van der Waals surface area contributed by atoms with Crippen LogP contribution in [0, 0.1) is 29.4 Å². The van der Waals surface area contributed by atoms with Gasteiger partial charge < -0.3 is 25.2 Å². The Bertz CT molecular complexity index is 1940. The second kappa shape index (κ2) is 10.6. The molecule has 3 N–H and O–H groups in total. The number of ether oxygens (including phenoxy) is 1. The third-order valence-electron chi connectivity index (χ3n) is 9.98. The number of halogens is 3. The molecule has 238 valence electrons. The number of terminal acetylenes is 1. The van der Waals surface area contributed by atoms with Crippen molar-refractivity contribution in [1.29, 1.82) is 0 Å². The standard InChI is InChI=1S/C35H34ClF2N5O3/c1-3-23-27(37)7-4-19-10-22(44)11-24(28(19)23)29-26(36)12-25-31(30(29)38)40-33(41-32(25)43-13-20-5-6-21(14-43)39-20)46-18-35(8-9-35)17-42-15-34(2,45)16-42/h1,4,7,10-12,20-21,39,44-45H,5-6,8-9,13-18H2,2H3. The molecule has 3 aromatic carbocycles. The van der Waals surface area contributed by atoms with Crippen LogP contribution < -0.4 is 15.0 Å². The van der Waals surface area contributed by atoms with E-state index >= 15 is 4.39 Å². The highest BCUT2D eigenvalue weighted by Gasteiger charge is 2.49. The van der Waals surface area contributed by atoms with E-state index in [4.69, 9.17) is 27.7 Å². The lowest BCUT2D eigenvalue weighted by Gasteiger charge is -2.45. The van der Waals surface area contributed by atoms with Crippen molar-refractivity contribution in [3.63, 3.8) is 0 Å². The van der Waals surface area contributed by atoms with E-state index in [-0.39, 0.29) is 49.8 Å². The maximum Gasteiger partial charge on any atom is 0.319 e. The van der Waals surface area contributed by atoms with E-state index in [0.717, 1.165) is 32.2 Å². The SMILES string of the molecule is C#Cc1c(F)ccc2cc(O)cc(-c3c(Cl)cc4c(N5CC6CCC(C5)N6)nc(OCC5(CN6CC(C)(O)C6)CC5)nc4c3F)c12. The van der Waals surface area contributed by atoms with E-state index < -0.39 is 17.2 Å².